The Labute approximate surface area is 147 Å². The van der Waals surface area contributed by atoms with E-state index in [1.54, 1.807) is 0 Å². The zero-order valence-electron chi connectivity index (χ0n) is 13.5. The number of carbonyl (C=O) groups excluding carboxylic acids is 2. The molecule has 1 aliphatic rings. The fourth-order valence-corrected chi connectivity index (χ4v) is 2.81. The number of phenols is 2. The first-order valence-electron chi connectivity index (χ1n) is 7.13. The van der Waals surface area contributed by atoms with Crippen molar-refractivity contribution in [2.45, 2.75) is 13.8 Å². The molecule has 130 valence electrons. The first-order chi connectivity index (χ1) is 11.8. The highest BCUT2D eigenvalue weighted by molar-refractivity contribution is 6.33. The Morgan fingerprint density at radius 2 is 1.72 bits per heavy atom. The summed E-state index contributed by atoms with van der Waals surface area (Å²) in [7, 11) is 1.17. The number of aromatic hydroxyl groups is 2. The highest BCUT2D eigenvalue weighted by atomic mass is 35.5. The maximum Gasteiger partial charge on any atom is 0.347 e. The topological polar surface area (TPSA) is 102 Å². The van der Waals surface area contributed by atoms with Crippen LogP contribution in [0, 0.1) is 13.8 Å². The van der Waals surface area contributed by atoms with Gasteiger partial charge in [-0.05, 0) is 19.4 Å². The maximum atomic E-state index is 12.4. The SMILES string of the molecule is COC(=O)c1c(O)cc2c(c1C)Oc1cc(O)c(Cl)c(C)c1C(=O)O2. The fraction of sp³-hybridized carbons (Fsp3) is 0.176. The second kappa shape index (κ2) is 5.86. The largest absolute Gasteiger partial charge is 0.507 e. The molecule has 0 atom stereocenters. The molecule has 0 saturated carbocycles. The number of benzene rings is 2. The molecule has 0 aromatic heterocycles. The summed E-state index contributed by atoms with van der Waals surface area (Å²) >= 11 is 5.97. The van der Waals surface area contributed by atoms with Gasteiger partial charge in [0.15, 0.2) is 11.5 Å². The number of ether oxygens (including phenoxy) is 3. The van der Waals surface area contributed by atoms with Crippen molar-refractivity contribution >= 4 is 23.5 Å². The van der Waals surface area contributed by atoms with Crippen molar-refractivity contribution in [3.05, 3.63) is 39.4 Å². The van der Waals surface area contributed by atoms with Crippen LogP contribution in [0.1, 0.15) is 31.8 Å². The lowest BCUT2D eigenvalue weighted by molar-refractivity contribution is 0.0596. The Hall–Kier alpha value is -2.93. The van der Waals surface area contributed by atoms with Crippen LogP contribution < -0.4 is 9.47 Å². The number of fused-ring (bicyclic) bond motifs is 2. The maximum absolute atomic E-state index is 12.4. The number of halogens is 1. The molecule has 1 aliphatic heterocycles. The molecule has 2 aromatic rings. The van der Waals surface area contributed by atoms with Crippen LogP contribution in [0.2, 0.25) is 5.02 Å². The molecule has 0 fully saturated rings. The summed E-state index contributed by atoms with van der Waals surface area (Å²) in [6.45, 7) is 3.04. The highest BCUT2D eigenvalue weighted by Gasteiger charge is 2.31. The fourth-order valence-electron chi connectivity index (χ4n) is 2.66. The van der Waals surface area contributed by atoms with E-state index >= 15 is 0 Å². The van der Waals surface area contributed by atoms with E-state index in [0.717, 1.165) is 6.07 Å². The van der Waals surface area contributed by atoms with Crippen molar-refractivity contribution in [2.24, 2.45) is 0 Å². The van der Waals surface area contributed by atoms with Crippen LogP contribution in [-0.2, 0) is 4.74 Å². The highest BCUT2D eigenvalue weighted by Crippen LogP contribution is 2.47. The van der Waals surface area contributed by atoms with Gasteiger partial charge in [-0.2, -0.15) is 0 Å². The first kappa shape index (κ1) is 16.9. The van der Waals surface area contributed by atoms with Gasteiger partial charge in [-0.25, -0.2) is 9.59 Å². The van der Waals surface area contributed by atoms with Gasteiger partial charge in [-0.3, -0.25) is 0 Å². The van der Waals surface area contributed by atoms with E-state index in [-0.39, 0.29) is 50.3 Å². The van der Waals surface area contributed by atoms with Crippen LogP contribution in [-0.4, -0.2) is 29.3 Å². The van der Waals surface area contributed by atoms with Gasteiger partial charge in [0, 0.05) is 17.7 Å². The van der Waals surface area contributed by atoms with Crippen LogP contribution >= 0.6 is 11.6 Å². The third kappa shape index (κ3) is 2.53. The molecule has 0 radical (unpaired) electrons. The molecule has 0 aliphatic carbocycles. The van der Waals surface area contributed by atoms with E-state index in [9.17, 15) is 19.8 Å². The molecule has 0 unspecified atom stereocenters. The molecule has 0 bridgehead atoms. The number of hydrogen-bond donors (Lipinski definition) is 2. The van der Waals surface area contributed by atoms with Crippen molar-refractivity contribution in [1.82, 2.24) is 0 Å². The van der Waals surface area contributed by atoms with Gasteiger partial charge in [-0.1, -0.05) is 11.6 Å². The molecular formula is C17H13ClO7. The summed E-state index contributed by atoms with van der Waals surface area (Å²) in [5.41, 5.74) is 0.423. The van der Waals surface area contributed by atoms with Gasteiger partial charge in [0.05, 0.1) is 12.1 Å². The summed E-state index contributed by atoms with van der Waals surface area (Å²) in [5.74, 6) is -2.22. The third-order valence-electron chi connectivity index (χ3n) is 3.91. The van der Waals surface area contributed by atoms with Crippen molar-refractivity contribution in [2.75, 3.05) is 7.11 Å². The van der Waals surface area contributed by atoms with Crippen LogP contribution in [0.25, 0.3) is 0 Å². The minimum Gasteiger partial charge on any atom is -0.507 e. The molecule has 0 amide bonds. The van der Waals surface area contributed by atoms with Gasteiger partial charge in [0.2, 0.25) is 0 Å². The molecule has 2 N–H and O–H groups in total. The third-order valence-corrected chi connectivity index (χ3v) is 4.39. The molecule has 25 heavy (non-hydrogen) atoms. The Bertz CT molecular complexity index is 934. The minimum atomic E-state index is -0.771. The van der Waals surface area contributed by atoms with Crippen LogP contribution in [0.4, 0.5) is 0 Å². The van der Waals surface area contributed by atoms with E-state index in [4.69, 9.17) is 21.1 Å². The van der Waals surface area contributed by atoms with Crippen molar-refractivity contribution in [1.29, 1.82) is 0 Å². The summed E-state index contributed by atoms with van der Waals surface area (Å²) in [6.07, 6.45) is 0. The van der Waals surface area contributed by atoms with Crippen molar-refractivity contribution in [3.8, 4) is 28.7 Å². The van der Waals surface area contributed by atoms with Gasteiger partial charge in [0.25, 0.3) is 0 Å². The zero-order valence-corrected chi connectivity index (χ0v) is 14.2. The predicted molar refractivity (Wildman–Crippen MR) is 87.1 cm³/mol. The average molecular weight is 365 g/mol. The van der Waals surface area contributed by atoms with E-state index in [0.29, 0.717) is 0 Å². The Morgan fingerprint density at radius 1 is 1.08 bits per heavy atom. The number of carbonyl (C=O) groups is 2. The number of methoxy groups -OCH3 is 1. The number of rotatable bonds is 1. The normalized spacial score (nSPS) is 12.4. The smallest absolute Gasteiger partial charge is 0.347 e. The Kier molecular flexibility index (Phi) is 3.96. The van der Waals surface area contributed by atoms with E-state index in [1.807, 2.05) is 0 Å². The molecule has 3 rings (SSSR count). The molecule has 7 nitrogen and oxygen atoms in total. The second-order valence-electron chi connectivity index (χ2n) is 5.41. The average Bonchev–Trinajstić information content (AvgIpc) is 2.68. The standard InChI is InChI=1S/C17H13ClO7/c1-6-13-10(5-9(20)14(6)18)24-15-7(2)12(16(21)23-3)8(19)4-11(15)25-17(13)22/h4-5,19-20H,1-3H3. The number of hydrogen-bond acceptors (Lipinski definition) is 7. The summed E-state index contributed by atoms with van der Waals surface area (Å²) in [4.78, 5) is 24.3. The summed E-state index contributed by atoms with van der Waals surface area (Å²) in [5, 5.41) is 20.0. The van der Waals surface area contributed by atoms with Crippen LogP contribution in [0.15, 0.2) is 12.1 Å². The number of esters is 2. The quantitative estimate of drug-likeness (QED) is 0.589. The van der Waals surface area contributed by atoms with Crippen molar-refractivity contribution < 1.29 is 34.0 Å². The summed E-state index contributed by atoms with van der Waals surface area (Å²) < 4.78 is 15.6. The molecule has 0 spiro atoms. The zero-order chi connectivity index (χ0) is 18.5. The molecule has 8 heteroatoms. The van der Waals surface area contributed by atoms with Gasteiger partial charge < -0.3 is 24.4 Å². The second-order valence-corrected chi connectivity index (χ2v) is 5.79. The van der Waals surface area contributed by atoms with Gasteiger partial charge in [0.1, 0.15) is 28.4 Å². The summed E-state index contributed by atoms with van der Waals surface area (Å²) in [6, 6.07) is 2.28. The van der Waals surface area contributed by atoms with E-state index < -0.39 is 17.7 Å². The first-order valence-corrected chi connectivity index (χ1v) is 7.51. The van der Waals surface area contributed by atoms with E-state index in [2.05, 4.69) is 4.74 Å². The van der Waals surface area contributed by atoms with Crippen molar-refractivity contribution in [3.63, 3.8) is 0 Å². The lowest BCUT2D eigenvalue weighted by Gasteiger charge is -2.14. The Morgan fingerprint density at radius 3 is 2.36 bits per heavy atom. The van der Waals surface area contributed by atoms with Gasteiger partial charge in [-0.15, -0.1) is 0 Å². The lowest BCUT2D eigenvalue weighted by atomic mass is 10.1. The van der Waals surface area contributed by atoms with Gasteiger partial charge >= 0.3 is 11.9 Å². The predicted octanol–water partition coefficient (Wildman–Crippen LogP) is 3.48. The van der Waals surface area contributed by atoms with Crippen LogP contribution in [0.3, 0.4) is 0 Å². The monoisotopic (exact) mass is 364 g/mol. The van der Waals surface area contributed by atoms with E-state index in [1.165, 1.54) is 27.0 Å². The van der Waals surface area contributed by atoms with Crippen LogP contribution in [0.5, 0.6) is 28.7 Å². The Balaban J connectivity index is 2.27. The molecule has 1 heterocycles. The molecular weight excluding hydrogens is 352 g/mol. The molecule has 0 saturated heterocycles. The minimum absolute atomic E-state index is 0.0000695. The molecule has 2 aromatic carbocycles. The lowest BCUT2D eigenvalue weighted by Crippen LogP contribution is -2.10. The number of phenolic OH excluding ortho intramolecular Hbond substituents is 2.